The zero-order chi connectivity index (χ0) is 93.7. The number of rotatable bonds is 10. The van der Waals surface area contributed by atoms with E-state index in [1.54, 1.807) is 69.8 Å². The fraction of sp³-hybridized carbons (Fsp3) is 0.113. The van der Waals surface area contributed by atoms with Crippen LogP contribution in [0.5, 0.6) is 0 Å². The maximum absolute atomic E-state index is 12.2. The van der Waals surface area contributed by atoms with Crippen molar-refractivity contribution in [2.75, 3.05) is 9.80 Å². The number of nitrogens with zero attached hydrogens (tertiary/aromatic N) is 4. The van der Waals surface area contributed by atoms with Crippen LogP contribution in [-0.2, 0) is 16.2 Å². The van der Waals surface area contributed by atoms with Gasteiger partial charge in [0.05, 0.1) is 0 Å². The van der Waals surface area contributed by atoms with E-state index in [0.717, 1.165) is 33.4 Å². The molecular formula is C106H83BN4Se2. The zero-order valence-electron chi connectivity index (χ0n) is 83.5. The van der Waals surface area contributed by atoms with E-state index in [1.165, 1.54) is 0 Å². The van der Waals surface area contributed by atoms with Gasteiger partial charge in [0.2, 0.25) is 0 Å². The normalized spacial score (nSPS) is 15.4. The summed E-state index contributed by atoms with van der Waals surface area (Å²) in [6, 6.07) is 61.0. The quantitative estimate of drug-likeness (QED) is 0.127. The molecule has 0 bridgehead atoms. The van der Waals surface area contributed by atoms with Gasteiger partial charge in [-0.1, -0.05) is 0 Å². The van der Waals surface area contributed by atoms with Gasteiger partial charge in [0, 0.05) is 0 Å². The Labute approximate surface area is 701 Å². The molecule has 0 saturated carbocycles. The van der Waals surface area contributed by atoms with E-state index < -0.39 is 149 Å². The summed E-state index contributed by atoms with van der Waals surface area (Å²) in [4.78, 5) is 4.07. The van der Waals surface area contributed by atoms with Gasteiger partial charge in [0.1, 0.15) is 0 Å². The van der Waals surface area contributed by atoms with E-state index in [1.807, 2.05) is 131 Å². The molecule has 2 aliphatic rings. The molecule has 4 aromatic heterocycles. The second kappa shape index (κ2) is 26.4. The molecule has 0 radical (unpaired) electrons. The number of fused-ring (bicyclic) bond motifs is 14. The first-order chi connectivity index (χ1) is 63.3. The van der Waals surface area contributed by atoms with E-state index in [2.05, 4.69) is 98.7 Å². The second-order valence-electron chi connectivity index (χ2n) is 32.4. The van der Waals surface area contributed by atoms with Gasteiger partial charge < -0.3 is 0 Å². The molecule has 21 rings (SSSR count). The Balaban J connectivity index is 1.03. The van der Waals surface area contributed by atoms with Crippen molar-refractivity contribution in [3.05, 3.63) is 356 Å². The molecule has 2 aliphatic heterocycles. The van der Waals surface area contributed by atoms with Gasteiger partial charge in [0.15, 0.2) is 0 Å². The van der Waals surface area contributed by atoms with Gasteiger partial charge in [-0.25, -0.2) is 0 Å². The SMILES string of the molecule is [2H]c1c([2H])c(-n2c3[se]c4c([2H])c([2H])c([2H])c([2H])c4c3c3c(-c4ccccc4)c([2H])c([2H])c([2H])c32)c([2H])c2c1B1c3c(cc(C(C)(C)C)cc3N(c3c(-c4ccccc4)cc(C(C)(C)C)cc3-c3ccccc3)c3c([2H])c(-n4c5[se]c6c([2H])c([2H])c([2H])c([2H])c6c5c5c(-c6ccccc6)c([2H])c([2H])c([2H])c54)c([2H])c([2H])c31)N2c1c(-c2ccccc2)cc(C(C)(C)C)cc1-c1ccccc1. The molecule has 0 amide bonds. The Kier molecular flexibility index (Phi) is 11.9. The van der Waals surface area contributed by atoms with Crippen LogP contribution in [0.4, 0.5) is 34.1 Å². The molecule has 6 heterocycles. The predicted molar refractivity (Wildman–Crippen MR) is 487 cm³/mol. The van der Waals surface area contributed by atoms with Gasteiger partial charge in [-0.15, -0.1) is 0 Å². The van der Waals surface area contributed by atoms with Crippen molar-refractivity contribution in [3.8, 4) is 78.1 Å². The fourth-order valence-corrected chi connectivity index (χ4v) is 21.6. The molecular weight excluding hydrogens is 1500 g/mol. The van der Waals surface area contributed by atoms with Crippen molar-refractivity contribution < 1.29 is 27.4 Å². The number of aromatic nitrogens is 2. The van der Waals surface area contributed by atoms with Gasteiger partial charge >= 0.3 is 706 Å². The van der Waals surface area contributed by atoms with Crippen LogP contribution in [0.25, 0.3) is 139 Å². The Bertz CT molecular complexity index is 7710. The van der Waals surface area contributed by atoms with Crippen LogP contribution in [0.2, 0.25) is 0 Å². The fourth-order valence-electron chi connectivity index (χ4n) is 16.9. The van der Waals surface area contributed by atoms with E-state index in [0.29, 0.717) is 67.2 Å². The van der Waals surface area contributed by atoms with Crippen LogP contribution in [0.15, 0.2) is 339 Å². The molecule has 113 heavy (non-hydrogen) atoms. The van der Waals surface area contributed by atoms with Crippen molar-refractivity contribution in [2.45, 2.75) is 78.6 Å². The van der Waals surface area contributed by atoms with Crippen LogP contribution in [0.1, 0.15) is 106 Å². The van der Waals surface area contributed by atoms with Gasteiger partial charge in [0.25, 0.3) is 0 Å². The summed E-state index contributed by atoms with van der Waals surface area (Å²) >= 11 is -2.36. The first-order valence-electron chi connectivity index (χ1n) is 48.0. The van der Waals surface area contributed by atoms with Crippen LogP contribution >= 0.6 is 0 Å². The van der Waals surface area contributed by atoms with Gasteiger partial charge in [-0.3, -0.25) is 0 Å². The topological polar surface area (TPSA) is 16.3 Å². The van der Waals surface area contributed by atoms with E-state index >= 15 is 0 Å². The Morgan fingerprint density at radius 1 is 0.301 bits per heavy atom. The minimum absolute atomic E-state index is 0.00856. The molecule has 542 valence electrons. The summed E-state index contributed by atoms with van der Waals surface area (Å²) in [5, 5.41) is 0.990. The summed E-state index contributed by atoms with van der Waals surface area (Å²) in [6.45, 7) is 17.6. The summed E-state index contributed by atoms with van der Waals surface area (Å²) in [5.41, 5.74) is 9.06. The van der Waals surface area contributed by atoms with E-state index in [9.17, 15) is 27.4 Å². The summed E-state index contributed by atoms with van der Waals surface area (Å²) in [6.07, 6.45) is 0. The average Bonchev–Trinajstić information content (AvgIpc) is 1.52. The number of hydrogen-bond acceptors (Lipinski definition) is 2. The molecule has 0 atom stereocenters. The maximum atomic E-state index is 12.2. The van der Waals surface area contributed by atoms with Gasteiger partial charge in [-0.05, 0) is 0 Å². The summed E-state index contributed by atoms with van der Waals surface area (Å²) < 4.78 is 212. The minimum atomic E-state index is -1.54. The van der Waals surface area contributed by atoms with Crippen LogP contribution in [0.3, 0.4) is 0 Å². The van der Waals surface area contributed by atoms with Crippen molar-refractivity contribution in [3.63, 3.8) is 0 Å². The molecule has 0 aliphatic carbocycles. The molecule has 0 saturated heterocycles. The monoisotopic (exact) mass is 1600 g/mol. The van der Waals surface area contributed by atoms with E-state index in [4.69, 9.17) is 0 Å². The first-order valence-corrected chi connectivity index (χ1v) is 41.5. The van der Waals surface area contributed by atoms with Crippen LogP contribution < -0.4 is 26.2 Å². The van der Waals surface area contributed by atoms with Crippen LogP contribution in [-0.4, -0.2) is 44.9 Å². The van der Waals surface area contributed by atoms with Crippen molar-refractivity contribution in [2.24, 2.45) is 0 Å². The van der Waals surface area contributed by atoms with Crippen molar-refractivity contribution in [1.82, 2.24) is 9.13 Å². The van der Waals surface area contributed by atoms with Crippen molar-refractivity contribution in [1.29, 1.82) is 0 Å². The van der Waals surface area contributed by atoms with Gasteiger partial charge in [-0.2, -0.15) is 0 Å². The molecule has 4 nitrogen and oxygen atoms in total. The third-order valence-electron chi connectivity index (χ3n) is 22.4. The third kappa shape index (κ3) is 11.1. The average molecular weight is 1600 g/mol. The van der Waals surface area contributed by atoms with Crippen molar-refractivity contribution >= 4 is 147 Å². The van der Waals surface area contributed by atoms with E-state index in [-0.39, 0.29) is 130 Å². The number of anilines is 6. The molecule has 0 fully saturated rings. The zero-order valence-corrected chi connectivity index (χ0v) is 66.9. The molecule has 19 aromatic rings. The second-order valence-corrected chi connectivity index (χ2v) is 36.6. The summed E-state index contributed by atoms with van der Waals surface area (Å²) in [7, 11) is 0. The standard InChI is InChI=1S/C106H83BN4Se2/c1-104(2,3)72-58-81(68-38-20-12-21-39-68)100(82(59-72)69-40-22-13-23-41-69)110-89-64-75(108-87-50-32-48-77(66-34-16-10-17-35-66)95(87)97-79-46-28-30-52-93(79)112-102(97)108)54-56-85(89)107-86-57-55-76(109-88-51-33-49-78(67-36-18-11-19-37-67)96(88)98-80-47-29-31-53-94(80)113-103(98)109)65-90(86)111(92-63-74(106(7,8)9)62-91(110)99(92)107)101-83(70-42-24-14-25-43-70)60-73(105(4,5)6)61-84(101)71-44-26-15-27-45-71/h10-65H,1-9H3/i28D,29D,30D,31D,32D,33D,46D,47D,48D,49D,50D,51D,52D,53D,54D,55D,56D,57D,64D,65D. The number of hydrogen-bond donors (Lipinski definition) is 0. The van der Waals surface area contributed by atoms with Crippen LogP contribution in [0, 0.1) is 0 Å². The molecule has 0 spiro atoms. The Hall–Kier alpha value is -11.9. The molecule has 7 heteroatoms. The number of benzene rings is 15. The molecule has 0 N–H and O–H groups in total. The predicted octanol–water partition coefficient (Wildman–Crippen LogP) is 26.3. The Morgan fingerprint density at radius 2 is 0.611 bits per heavy atom. The Morgan fingerprint density at radius 3 is 0.938 bits per heavy atom. The molecule has 15 aromatic carbocycles. The first kappa shape index (κ1) is 50.9. The molecule has 0 unspecified atom stereocenters. The summed E-state index contributed by atoms with van der Waals surface area (Å²) in [5.74, 6) is 0. The third-order valence-corrected chi connectivity index (χ3v) is 27.0.